The Hall–Kier alpha value is -2.40. The van der Waals surface area contributed by atoms with Gasteiger partial charge in [0.05, 0.1) is 5.56 Å². The van der Waals surface area contributed by atoms with E-state index < -0.39 is 23.0 Å². The summed E-state index contributed by atoms with van der Waals surface area (Å²) in [4.78, 5) is 23.1. The fourth-order valence-electron chi connectivity index (χ4n) is 1.77. The molecule has 0 spiro atoms. The van der Waals surface area contributed by atoms with Crippen molar-refractivity contribution >= 4 is 29.1 Å². The molecule has 2 amide bonds. The first-order valence-electron chi connectivity index (χ1n) is 6.08. The van der Waals surface area contributed by atoms with E-state index in [9.17, 15) is 14.0 Å². The van der Waals surface area contributed by atoms with Crippen molar-refractivity contribution in [1.82, 2.24) is 0 Å². The zero-order valence-corrected chi connectivity index (χ0v) is 11.6. The first-order chi connectivity index (χ1) is 9.99. The second-order valence-electron chi connectivity index (χ2n) is 4.32. The van der Waals surface area contributed by atoms with Crippen molar-refractivity contribution in [3.8, 4) is 0 Å². The lowest BCUT2D eigenvalue weighted by atomic mass is 10.1. The zero-order valence-electron chi connectivity index (χ0n) is 10.8. The SMILES string of the molecule is NC(=O)c1cc(NC(=O)C(Cl)c2ccccc2)ccc1F. The minimum absolute atomic E-state index is 0.247. The number of hydrogen-bond donors (Lipinski definition) is 2. The molecule has 0 heterocycles. The average Bonchev–Trinajstić information content (AvgIpc) is 2.49. The predicted molar refractivity (Wildman–Crippen MR) is 78.6 cm³/mol. The Labute approximate surface area is 125 Å². The molecule has 0 saturated carbocycles. The highest BCUT2D eigenvalue weighted by atomic mass is 35.5. The smallest absolute Gasteiger partial charge is 0.251 e. The van der Waals surface area contributed by atoms with Gasteiger partial charge in [0.15, 0.2) is 0 Å². The highest BCUT2D eigenvalue weighted by Gasteiger charge is 2.18. The van der Waals surface area contributed by atoms with Crippen molar-refractivity contribution in [2.45, 2.75) is 5.38 Å². The zero-order chi connectivity index (χ0) is 15.4. The van der Waals surface area contributed by atoms with Gasteiger partial charge in [-0.15, -0.1) is 11.6 Å². The molecule has 3 N–H and O–H groups in total. The molecular weight excluding hydrogens is 295 g/mol. The van der Waals surface area contributed by atoms with Crippen molar-refractivity contribution in [1.29, 1.82) is 0 Å². The maximum atomic E-state index is 13.3. The predicted octanol–water partition coefficient (Wildman–Crippen LogP) is 2.84. The van der Waals surface area contributed by atoms with Crippen LogP contribution in [0.4, 0.5) is 10.1 Å². The summed E-state index contributed by atoms with van der Waals surface area (Å²) in [6.45, 7) is 0. The Kier molecular flexibility index (Phi) is 4.55. The van der Waals surface area contributed by atoms with E-state index in [0.717, 1.165) is 6.07 Å². The van der Waals surface area contributed by atoms with Crippen molar-refractivity contribution in [2.24, 2.45) is 5.73 Å². The lowest BCUT2D eigenvalue weighted by Gasteiger charge is -2.11. The first-order valence-corrected chi connectivity index (χ1v) is 6.52. The lowest BCUT2D eigenvalue weighted by molar-refractivity contribution is -0.116. The van der Waals surface area contributed by atoms with Crippen LogP contribution in [0.2, 0.25) is 0 Å². The van der Waals surface area contributed by atoms with Gasteiger partial charge < -0.3 is 11.1 Å². The van der Waals surface area contributed by atoms with Gasteiger partial charge in [-0.2, -0.15) is 0 Å². The summed E-state index contributed by atoms with van der Waals surface area (Å²) in [5.74, 6) is -2.13. The van der Waals surface area contributed by atoms with Crippen LogP contribution in [0.15, 0.2) is 48.5 Å². The first kappa shape index (κ1) is 15.0. The van der Waals surface area contributed by atoms with Gasteiger partial charge in [-0.1, -0.05) is 30.3 Å². The molecule has 1 unspecified atom stereocenters. The molecule has 2 aromatic carbocycles. The Morgan fingerprint density at radius 3 is 2.43 bits per heavy atom. The highest BCUT2D eigenvalue weighted by molar-refractivity contribution is 6.32. The summed E-state index contributed by atoms with van der Waals surface area (Å²) in [5.41, 5.74) is 5.63. The monoisotopic (exact) mass is 306 g/mol. The lowest BCUT2D eigenvalue weighted by Crippen LogP contribution is -2.18. The van der Waals surface area contributed by atoms with Crippen LogP contribution in [-0.2, 0) is 4.79 Å². The molecule has 2 aromatic rings. The van der Waals surface area contributed by atoms with E-state index in [4.69, 9.17) is 17.3 Å². The van der Waals surface area contributed by atoms with Crippen LogP contribution >= 0.6 is 11.6 Å². The van der Waals surface area contributed by atoms with Crippen LogP contribution in [0.5, 0.6) is 0 Å². The molecule has 0 fully saturated rings. The van der Waals surface area contributed by atoms with Gasteiger partial charge in [0.25, 0.3) is 5.91 Å². The Morgan fingerprint density at radius 2 is 1.81 bits per heavy atom. The summed E-state index contributed by atoms with van der Waals surface area (Å²) in [6, 6.07) is 12.3. The summed E-state index contributed by atoms with van der Waals surface area (Å²) in [5, 5.41) is 1.62. The molecule has 0 aliphatic rings. The molecule has 6 heteroatoms. The van der Waals surface area contributed by atoms with E-state index in [1.807, 2.05) is 6.07 Å². The normalized spacial score (nSPS) is 11.7. The number of nitrogens with two attached hydrogens (primary N) is 1. The number of amides is 2. The molecule has 21 heavy (non-hydrogen) atoms. The minimum atomic E-state index is -0.908. The largest absolute Gasteiger partial charge is 0.366 e. The fourth-order valence-corrected chi connectivity index (χ4v) is 1.97. The summed E-state index contributed by atoms with van der Waals surface area (Å²) < 4.78 is 13.3. The molecular formula is C15H12ClFN2O2. The molecule has 0 aliphatic heterocycles. The van der Waals surface area contributed by atoms with Gasteiger partial charge in [0, 0.05) is 5.69 Å². The van der Waals surface area contributed by atoms with Crippen LogP contribution in [0.25, 0.3) is 0 Å². The molecule has 0 radical (unpaired) electrons. The Morgan fingerprint density at radius 1 is 1.14 bits per heavy atom. The number of carbonyl (C=O) groups excluding carboxylic acids is 2. The number of hydrogen-bond acceptors (Lipinski definition) is 2. The second-order valence-corrected chi connectivity index (χ2v) is 4.76. The molecule has 4 nitrogen and oxygen atoms in total. The van der Waals surface area contributed by atoms with Gasteiger partial charge in [0.1, 0.15) is 11.2 Å². The average molecular weight is 307 g/mol. The molecule has 2 rings (SSSR count). The van der Waals surface area contributed by atoms with Crippen LogP contribution < -0.4 is 11.1 Å². The molecule has 108 valence electrons. The van der Waals surface area contributed by atoms with Crippen LogP contribution in [0, 0.1) is 5.82 Å². The van der Waals surface area contributed by atoms with E-state index in [2.05, 4.69) is 5.32 Å². The van der Waals surface area contributed by atoms with Crippen LogP contribution in [0.1, 0.15) is 21.3 Å². The van der Waals surface area contributed by atoms with E-state index in [1.165, 1.54) is 12.1 Å². The maximum absolute atomic E-state index is 13.3. The van der Waals surface area contributed by atoms with Crippen LogP contribution in [0.3, 0.4) is 0 Å². The summed E-state index contributed by atoms with van der Waals surface area (Å²) >= 11 is 6.06. The molecule has 0 saturated heterocycles. The quantitative estimate of drug-likeness (QED) is 0.853. The number of anilines is 1. The standard InChI is InChI=1S/C15H12ClFN2O2/c16-13(9-4-2-1-3-5-9)15(21)19-10-6-7-12(17)11(8-10)14(18)20/h1-8,13H,(H2,18,20)(H,19,21). The van der Waals surface area contributed by atoms with Gasteiger partial charge in [-0.05, 0) is 23.8 Å². The second kappa shape index (κ2) is 6.37. The highest BCUT2D eigenvalue weighted by Crippen LogP contribution is 2.23. The van der Waals surface area contributed by atoms with E-state index >= 15 is 0 Å². The Balaban J connectivity index is 2.16. The van der Waals surface area contributed by atoms with Crippen molar-refractivity contribution < 1.29 is 14.0 Å². The van der Waals surface area contributed by atoms with Gasteiger partial charge in [-0.3, -0.25) is 9.59 Å². The van der Waals surface area contributed by atoms with E-state index in [1.54, 1.807) is 24.3 Å². The number of nitrogens with one attached hydrogen (secondary N) is 1. The van der Waals surface area contributed by atoms with E-state index in [0.29, 0.717) is 5.56 Å². The van der Waals surface area contributed by atoms with Crippen molar-refractivity contribution in [3.05, 3.63) is 65.5 Å². The van der Waals surface area contributed by atoms with Gasteiger partial charge in [-0.25, -0.2) is 4.39 Å². The number of rotatable bonds is 4. The van der Waals surface area contributed by atoms with Crippen LogP contribution in [-0.4, -0.2) is 11.8 Å². The third kappa shape index (κ3) is 3.58. The number of primary amides is 1. The molecule has 0 aromatic heterocycles. The molecule has 0 bridgehead atoms. The van der Waals surface area contributed by atoms with Crippen molar-refractivity contribution in [3.63, 3.8) is 0 Å². The Bertz CT molecular complexity index is 677. The van der Waals surface area contributed by atoms with Gasteiger partial charge in [0.2, 0.25) is 5.91 Å². The third-order valence-electron chi connectivity index (χ3n) is 2.82. The fraction of sp³-hybridized carbons (Fsp3) is 0.0667. The maximum Gasteiger partial charge on any atom is 0.251 e. The minimum Gasteiger partial charge on any atom is -0.366 e. The number of halogens is 2. The number of benzene rings is 2. The number of carbonyl (C=O) groups is 2. The van der Waals surface area contributed by atoms with E-state index in [-0.39, 0.29) is 11.3 Å². The molecule has 0 aliphatic carbocycles. The number of alkyl halides is 1. The van der Waals surface area contributed by atoms with Crippen molar-refractivity contribution in [2.75, 3.05) is 5.32 Å². The topological polar surface area (TPSA) is 72.2 Å². The molecule has 1 atom stereocenters. The third-order valence-corrected chi connectivity index (χ3v) is 3.27. The summed E-state index contributed by atoms with van der Waals surface area (Å²) in [6.07, 6.45) is 0. The summed E-state index contributed by atoms with van der Waals surface area (Å²) in [7, 11) is 0. The van der Waals surface area contributed by atoms with Gasteiger partial charge >= 0.3 is 0 Å².